The van der Waals surface area contributed by atoms with E-state index in [4.69, 9.17) is 11.6 Å². The van der Waals surface area contributed by atoms with Gasteiger partial charge in [-0.05, 0) is 36.2 Å². The number of aryl methyl sites for hydroxylation is 1. The maximum Gasteiger partial charge on any atom is 0.254 e. The molecule has 0 bridgehead atoms. The first-order valence-electron chi connectivity index (χ1n) is 5.85. The molecule has 0 saturated heterocycles. The minimum atomic E-state index is -0.616. The minimum Gasteiger partial charge on any atom is -0.348 e. The normalized spacial score (nSPS) is 10.3. The largest absolute Gasteiger partial charge is 0.348 e. The zero-order chi connectivity index (χ0) is 13.8. The lowest BCUT2D eigenvalue weighted by molar-refractivity contribution is 0.0947. The van der Waals surface area contributed by atoms with Gasteiger partial charge in [0.1, 0.15) is 5.82 Å². The van der Waals surface area contributed by atoms with Crippen molar-refractivity contribution in [3.05, 3.63) is 70.0 Å². The maximum absolute atomic E-state index is 13.6. The van der Waals surface area contributed by atoms with Crippen molar-refractivity contribution in [1.82, 2.24) is 5.32 Å². The summed E-state index contributed by atoms with van der Waals surface area (Å²) in [4.78, 5) is 11.9. The first kappa shape index (κ1) is 13.6. The second kappa shape index (κ2) is 5.85. The second-order valence-corrected chi connectivity index (χ2v) is 4.67. The highest BCUT2D eigenvalue weighted by Gasteiger charge is 2.11. The lowest BCUT2D eigenvalue weighted by Crippen LogP contribution is -2.24. The summed E-state index contributed by atoms with van der Waals surface area (Å²) >= 11 is 5.64. The predicted molar refractivity (Wildman–Crippen MR) is 73.8 cm³/mol. The van der Waals surface area contributed by atoms with Crippen molar-refractivity contribution in [3.8, 4) is 0 Å². The molecule has 2 rings (SSSR count). The van der Waals surface area contributed by atoms with Gasteiger partial charge < -0.3 is 5.32 Å². The third kappa shape index (κ3) is 3.32. The summed E-state index contributed by atoms with van der Waals surface area (Å²) in [5, 5.41) is 2.97. The number of nitrogens with one attached hydrogen (secondary N) is 1. The minimum absolute atomic E-state index is 0.00187. The van der Waals surface area contributed by atoms with Gasteiger partial charge in [-0.3, -0.25) is 4.79 Å². The molecule has 1 amide bonds. The van der Waals surface area contributed by atoms with Crippen molar-refractivity contribution in [2.45, 2.75) is 13.5 Å². The van der Waals surface area contributed by atoms with Gasteiger partial charge in [-0.1, -0.05) is 35.9 Å². The average molecular weight is 278 g/mol. The fourth-order valence-corrected chi connectivity index (χ4v) is 1.91. The van der Waals surface area contributed by atoms with Gasteiger partial charge in [0.25, 0.3) is 5.91 Å². The van der Waals surface area contributed by atoms with Crippen LogP contribution in [0.1, 0.15) is 21.5 Å². The van der Waals surface area contributed by atoms with Crippen LogP contribution < -0.4 is 5.32 Å². The summed E-state index contributed by atoms with van der Waals surface area (Å²) in [5.41, 5.74) is 2.09. The van der Waals surface area contributed by atoms with Crippen LogP contribution in [0, 0.1) is 12.7 Å². The van der Waals surface area contributed by atoms with E-state index in [0.717, 1.165) is 17.2 Å². The van der Waals surface area contributed by atoms with Crippen LogP contribution in [0.3, 0.4) is 0 Å². The predicted octanol–water partition coefficient (Wildman–Crippen LogP) is 3.72. The van der Waals surface area contributed by atoms with Crippen molar-refractivity contribution in [2.75, 3.05) is 0 Å². The maximum atomic E-state index is 13.6. The molecule has 1 N–H and O–H groups in total. The fourth-order valence-electron chi connectivity index (χ4n) is 1.75. The zero-order valence-corrected chi connectivity index (χ0v) is 11.2. The number of amides is 1. The monoisotopic (exact) mass is 277 g/mol. The van der Waals surface area contributed by atoms with E-state index in [2.05, 4.69) is 5.32 Å². The molecule has 4 heteroatoms. The Kier molecular flexibility index (Phi) is 4.17. The first-order chi connectivity index (χ1) is 9.08. The highest BCUT2D eigenvalue weighted by molar-refractivity contribution is 6.30. The molecule has 0 aromatic heterocycles. The summed E-state index contributed by atoms with van der Waals surface area (Å²) in [6, 6.07) is 11.7. The lowest BCUT2D eigenvalue weighted by atomic mass is 10.1. The Morgan fingerprint density at radius 2 is 2.00 bits per heavy atom. The molecule has 0 aliphatic carbocycles. The third-order valence-electron chi connectivity index (χ3n) is 2.88. The molecule has 19 heavy (non-hydrogen) atoms. The van der Waals surface area contributed by atoms with Gasteiger partial charge in [-0.2, -0.15) is 0 Å². The van der Waals surface area contributed by atoms with E-state index in [1.165, 1.54) is 12.1 Å². The summed E-state index contributed by atoms with van der Waals surface area (Å²) in [7, 11) is 0. The smallest absolute Gasteiger partial charge is 0.254 e. The van der Waals surface area contributed by atoms with Gasteiger partial charge in [-0.25, -0.2) is 4.39 Å². The zero-order valence-electron chi connectivity index (χ0n) is 10.4. The Morgan fingerprint density at radius 1 is 1.26 bits per heavy atom. The molecule has 2 nitrogen and oxygen atoms in total. The number of halogens is 2. The van der Waals surface area contributed by atoms with Crippen molar-refractivity contribution >= 4 is 17.5 Å². The van der Waals surface area contributed by atoms with Gasteiger partial charge in [0.2, 0.25) is 0 Å². The summed E-state index contributed by atoms with van der Waals surface area (Å²) in [6.07, 6.45) is 0. The molecule has 2 aromatic rings. The van der Waals surface area contributed by atoms with E-state index < -0.39 is 11.7 Å². The van der Waals surface area contributed by atoms with Gasteiger partial charge in [0.15, 0.2) is 0 Å². The van der Waals surface area contributed by atoms with Crippen molar-refractivity contribution in [1.29, 1.82) is 0 Å². The molecule has 0 radical (unpaired) electrons. The second-order valence-electron chi connectivity index (χ2n) is 4.23. The van der Waals surface area contributed by atoms with Crippen molar-refractivity contribution < 1.29 is 9.18 Å². The Bertz CT molecular complexity index is 613. The Balaban J connectivity index is 2.08. The average Bonchev–Trinajstić information content (AvgIpc) is 2.37. The van der Waals surface area contributed by atoms with Gasteiger partial charge >= 0.3 is 0 Å². The fraction of sp³-hybridized carbons (Fsp3) is 0.133. The molecule has 0 unspecified atom stereocenters. The van der Waals surface area contributed by atoms with Crippen LogP contribution >= 0.6 is 11.6 Å². The van der Waals surface area contributed by atoms with Crippen LogP contribution in [-0.4, -0.2) is 5.91 Å². The van der Waals surface area contributed by atoms with E-state index >= 15 is 0 Å². The van der Waals surface area contributed by atoms with Gasteiger partial charge in [-0.15, -0.1) is 0 Å². The highest BCUT2D eigenvalue weighted by Crippen LogP contribution is 2.15. The number of hydrogen-bond donors (Lipinski definition) is 1. The Morgan fingerprint density at radius 3 is 2.68 bits per heavy atom. The summed E-state index contributed by atoms with van der Waals surface area (Å²) in [6.45, 7) is 2.33. The van der Waals surface area contributed by atoms with Crippen LogP contribution in [-0.2, 0) is 6.54 Å². The van der Waals surface area contributed by atoms with E-state index in [1.54, 1.807) is 0 Å². The number of carbonyl (C=O) groups excluding carboxylic acids is 1. The molecule has 0 atom stereocenters. The molecule has 0 spiro atoms. The van der Waals surface area contributed by atoms with E-state index in [0.29, 0.717) is 6.54 Å². The lowest BCUT2D eigenvalue weighted by Gasteiger charge is -2.08. The quantitative estimate of drug-likeness (QED) is 0.910. The van der Waals surface area contributed by atoms with Crippen LogP contribution in [0.4, 0.5) is 4.39 Å². The SMILES string of the molecule is Cc1ccccc1CNC(=O)c1ccc(Cl)cc1F. The van der Waals surface area contributed by atoms with Crippen molar-refractivity contribution in [2.24, 2.45) is 0 Å². The van der Waals surface area contributed by atoms with Gasteiger partial charge in [0, 0.05) is 11.6 Å². The van der Waals surface area contributed by atoms with E-state index in [9.17, 15) is 9.18 Å². The topological polar surface area (TPSA) is 29.1 Å². The van der Waals surface area contributed by atoms with Crippen LogP contribution in [0.15, 0.2) is 42.5 Å². The summed E-state index contributed by atoms with van der Waals surface area (Å²) < 4.78 is 13.6. The molecule has 0 fully saturated rings. The molecule has 0 aliphatic heterocycles. The number of benzene rings is 2. The molecule has 0 aliphatic rings. The number of carbonyl (C=O) groups is 1. The molecular formula is C15H13ClFNO. The molecule has 0 heterocycles. The molecular weight excluding hydrogens is 265 g/mol. The number of rotatable bonds is 3. The first-order valence-corrected chi connectivity index (χ1v) is 6.23. The van der Waals surface area contributed by atoms with E-state index in [1.807, 2.05) is 31.2 Å². The highest BCUT2D eigenvalue weighted by atomic mass is 35.5. The Labute approximate surface area is 116 Å². The Hall–Kier alpha value is -1.87. The molecule has 98 valence electrons. The van der Waals surface area contributed by atoms with Gasteiger partial charge in [0.05, 0.1) is 5.56 Å². The summed E-state index contributed by atoms with van der Waals surface area (Å²) in [5.74, 6) is -1.06. The standard InChI is InChI=1S/C15H13ClFNO/c1-10-4-2-3-5-11(10)9-18-15(19)13-7-6-12(16)8-14(13)17/h2-8H,9H2,1H3,(H,18,19). The third-order valence-corrected chi connectivity index (χ3v) is 3.11. The van der Waals surface area contributed by atoms with Crippen molar-refractivity contribution in [3.63, 3.8) is 0 Å². The van der Waals surface area contributed by atoms with E-state index in [-0.39, 0.29) is 10.6 Å². The van der Waals surface area contributed by atoms with Crippen LogP contribution in [0.5, 0.6) is 0 Å². The van der Waals surface area contributed by atoms with Crippen LogP contribution in [0.25, 0.3) is 0 Å². The molecule has 0 saturated carbocycles. The number of hydrogen-bond acceptors (Lipinski definition) is 1. The molecule has 2 aromatic carbocycles. The van der Waals surface area contributed by atoms with Crippen LogP contribution in [0.2, 0.25) is 5.02 Å².